The van der Waals surface area contributed by atoms with Gasteiger partial charge in [0, 0.05) is 11.8 Å². The molecule has 4 heteroatoms. The molecule has 0 aliphatic carbocycles. The molecule has 0 radical (unpaired) electrons. The van der Waals surface area contributed by atoms with Crippen LogP contribution in [0.4, 0.5) is 0 Å². The zero-order valence-electron chi connectivity index (χ0n) is 11.2. The molecule has 17 heavy (non-hydrogen) atoms. The fourth-order valence-electron chi connectivity index (χ4n) is 1.74. The fourth-order valence-corrected chi connectivity index (χ4v) is 2.84. The Bertz CT molecular complexity index is 418. The Morgan fingerprint density at radius 3 is 2.53 bits per heavy atom. The van der Waals surface area contributed by atoms with Crippen LogP contribution in [0.15, 0.2) is 18.3 Å². The van der Waals surface area contributed by atoms with E-state index < -0.39 is 9.04 Å². The number of nitrogens with zero attached hydrogens (tertiary/aromatic N) is 2. The molecule has 3 nitrogen and oxygen atoms in total. The molecule has 1 rings (SSSR count). The number of pyridine rings is 1. The monoisotopic (exact) mass is 248 g/mol. The summed E-state index contributed by atoms with van der Waals surface area (Å²) in [4.78, 5) is 4.11. The Hall–Kier alpha value is -1.18. The highest BCUT2D eigenvalue weighted by Gasteiger charge is 2.30. The van der Waals surface area contributed by atoms with Gasteiger partial charge in [0.15, 0.2) is 9.04 Å². The van der Waals surface area contributed by atoms with Crippen molar-refractivity contribution in [2.24, 2.45) is 5.41 Å². The molecular weight excluding hydrogens is 228 g/mol. The minimum Gasteiger partial charge on any atom is -0.413 e. The Labute approximate surface area is 105 Å². The maximum Gasteiger partial charge on any atom is 0.171 e. The first-order valence-electron chi connectivity index (χ1n) is 5.86. The lowest BCUT2D eigenvalue weighted by Crippen LogP contribution is -2.26. The van der Waals surface area contributed by atoms with E-state index in [0.717, 1.165) is 5.56 Å². The summed E-state index contributed by atoms with van der Waals surface area (Å²) in [6.07, 6.45) is 1.59. The van der Waals surface area contributed by atoms with Crippen LogP contribution < -0.4 is 0 Å². The number of aromatic nitrogens is 1. The lowest BCUT2D eigenvalue weighted by atomic mass is 9.84. The lowest BCUT2D eigenvalue weighted by molar-refractivity contribution is 0.0860. The Morgan fingerprint density at radius 1 is 1.41 bits per heavy atom. The lowest BCUT2D eigenvalue weighted by Gasteiger charge is -2.33. The van der Waals surface area contributed by atoms with Crippen molar-refractivity contribution in [3.05, 3.63) is 29.6 Å². The molecule has 0 spiro atoms. The van der Waals surface area contributed by atoms with E-state index in [1.165, 1.54) is 0 Å². The van der Waals surface area contributed by atoms with Gasteiger partial charge < -0.3 is 4.43 Å². The molecule has 0 aliphatic rings. The number of nitriles is 1. The maximum atomic E-state index is 9.11. The molecule has 1 heterocycles. The summed E-state index contributed by atoms with van der Waals surface area (Å²) < 4.78 is 6.09. The molecule has 0 saturated heterocycles. The molecule has 1 unspecified atom stereocenters. The summed E-state index contributed by atoms with van der Waals surface area (Å²) in [6, 6.07) is 5.95. The van der Waals surface area contributed by atoms with E-state index in [1.54, 1.807) is 6.20 Å². The van der Waals surface area contributed by atoms with Gasteiger partial charge in [-0.3, -0.25) is 0 Å². The first-order chi connectivity index (χ1) is 7.86. The Kier molecular flexibility index (Phi) is 4.44. The predicted molar refractivity (Wildman–Crippen MR) is 71.1 cm³/mol. The van der Waals surface area contributed by atoms with Crippen LogP contribution in [-0.4, -0.2) is 14.0 Å². The van der Waals surface area contributed by atoms with Gasteiger partial charge in [-0.2, -0.15) is 5.26 Å². The molecule has 1 aromatic heterocycles. The summed E-state index contributed by atoms with van der Waals surface area (Å²) >= 11 is 0. The molecule has 0 fully saturated rings. The number of hydrogen-bond acceptors (Lipinski definition) is 3. The van der Waals surface area contributed by atoms with Gasteiger partial charge in [0.2, 0.25) is 0 Å². The molecular formula is C13H20N2OSi. The van der Waals surface area contributed by atoms with E-state index in [9.17, 15) is 0 Å². The Balaban J connectivity index is 3.18. The van der Waals surface area contributed by atoms with Crippen molar-refractivity contribution < 1.29 is 4.43 Å². The highest BCUT2D eigenvalue weighted by molar-refractivity contribution is 6.48. The van der Waals surface area contributed by atoms with Gasteiger partial charge in [0.05, 0.1) is 6.10 Å². The molecule has 0 amide bonds. The van der Waals surface area contributed by atoms with Crippen LogP contribution in [0.2, 0.25) is 13.1 Å². The van der Waals surface area contributed by atoms with E-state index in [1.807, 2.05) is 12.1 Å². The van der Waals surface area contributed by atoms with Crippen molar-refractivity contribution in [2.45, 2.75) is 40.0 Å². The molecule has 0 bridgehead atoms. The topological polar surface area (TPSA) is 45.9 Å². The van der Waals surface area contributed by atoms with Crippen molar-refractivity contribution in [1.29, 1.82) is 5.26 Å². The van der Waals surface area contributed by atoms with E-state index >= 15 is 0 Å². The van der Waals surface area contributed by atoms with Gasteiger partial charge in [-0.1, -0.05) is 26.8 Å². The summed E-state index contributed by atoms with van der Waals surface area (Å²) in [5, 5.41) is 9.11. The zero-order valence-corrected chi connectivity index (χ0v) is 12.3. The summed E-state index contributed by atoms with van der Waals surface area (Å²) in [5.41, 5.74) is 1.34. The second kappa shape index (κ2) is 5.43. The first kappa shape index (κ1) is 13.9. The third-order valence-electron chi connectivity index (χ3n) is 2.42. The summed E-state index contributed by atoms with van der Waals surface area (Å²) in [7, 11) is -1.17. The van der Waals surface area contributed by atoms with Crippen LogP contribution in [0.3, 0.4) is 0 Å². The van der Waals surface area contributed by atoms with Crippen molar-refractivity contribution in [3.63, 3.8) is 0 Å². The SMILES string of the molecule is C[SiH](C)OC(c1cccnc1C#N)C(C)(C)C. The normalized spacial score (nSPS) is 13.5. The van der Waals surface area contributed by atoms with Crippen LogP contribution in [0, 0.1) is 16.7 Å². The minimum absolute atomic E-state index is 0.0358. The molecule has 0 aromatic carbocycles. The molecule has 0 aliphatic heterocycles. The van der Waals surface area contributed by atoms with Gasteiger partial charge >= 0.3 is 0 Å². The van der Waals surface area contributed by atoms with Crippen LogP contribution in [0.5, 0.6) is 0 Å². The van der Waals surface area contributed by atoms with Crippen LogP contribution >= 0.6 is 0 Å². The van der Waals surface area contributed by atoms with E-state index in [-0.39, 0.29) is 11.5 Å². The van der Waals surface area contributed by atoms with Gasteiger partial charge in [-0.25, -0.2) is 4.98 Å². The third kappa shape index (κ3) is 3.65. The maximum absolute atomic E-state index is 9.11. The van der Waals surface area contributed by atoms with E-state index in [0.29, 0.717) is 5.69 Å². The van der Waals surface area contributed by atoms with E-state index in [2.05, 4.69) is 44.9 Å². The highest BCUT2D eigenvalue weighted by atomic mass is 28.3. The third-order valence-corrected chi connectivity index (χ3v) is 3.24. The molecule has 1 aromatic rings. The predicted octanol–water partition coefficient (Wildman–Crippen LogP) is 3.04. The molecule has 0 N–H and O–H groups in total. The second-order valence-corrected chi connectivity index (χ2v) is 7.85. The molecule has 92 valence electrons. The van der Waals surface area contributed by atoms with E-state index in [4.69, 9.17) is 9.69 Å². The minimum atomic E-state index is -1.17. The quantitative estimate of drug-likeness (QED) is 0.772. The van der Waals surface area contributed by atoms with Gasteiger partial charge in [-0.15, -0.1) is 0 Å². The standard InChI is InChI=1S/C13H20N2OSi/c1-13(2,3)12(16-17(4)5)10-7-6-8-15-11(10)9-14/h6-8,12,17H,1-5H3. The number of hydrogen-bond donors (Lipinski definition) is 0. The van der Waals surface area contributed by atoms with Crippen molar-refractivity contribution in [1.82, 2.24) is 4.98 Å². The summed E-state index contributed by atoms with van der Waals surface area (Å²) in [5.74, 6) is 0. The van der Waals surface area contributed by atoms with Crippen molar-refractivity contribution >= 4 is 9.04 Å². The van der Waals surface area contributed by atoms with Crippen LogP contribution in [-0.2, 0) is 4.43 Å². The first-order valence-corrected chi connectivity index (χ1v) is 8.65. The highest BCUT2D eigenvalue weighted by Crippen LogP contribution is 2.37. The largest absolute Gasteiger partial charge is 0.413 e. The molecule has 0 saturated carbocycles. The Morgan fingerprint density at radius 2 is 2.06 bits per heavy atom. The van der Waals surface area contributed by atoms with Crippen LogP contribution in [0.1, 0.15) is 38.1 Å². The zero-order chi connectivity index (χ0) is 13.1. The average Bonchev–Trinajstić information content (AvgIpc) is 2.24. The number of rotatable bonds is 3. The summed E-state index contributed by atoms with van der Waals surface area (Å²) in [6.45, 7) is 10.7. The average molecular weight is 248 g/mol. The fraction of sp³-hybridized carbons (Fsp3) is 0.538. The second-order valence-electron chi connectivity index (χ2n) is 5.48. The van der Waals surface area contributed by atoms with Crippen LogP contribution in [0.25, 0.3) is 0 Å². The van der Waals surface area contributed by atoms with Crippen molar-refractivity contribution in [2.75, 3.05) is 0 Å². The smallest absolute Gasteiger partial charge is 0.171 e. The van der Waals surface area contributed by atoms with Gasteiger partial charge in [0.1, 0.15) is 11.8 Å². The van der Waals surface area contributed by atoms with Crippen molar-refractivity contribution in [3.8, 4) is 6.07 Å². The van der Waals surface area contributed by atoms with Gasteiger partial charge in [0.25, 0.3) is 0 Å². The molecule has 1 atom stereocenters. The van der Waals surface area contributed by atoms with Gasteiger partial charge in [-0.05, 0) is 24.6 Å².